The van der Waals surface area contributed by atoms with Gasteiger partial charge in [0.15, 0.2) is 0 Å². The Hall–Kier alpha value is -0.570. The summed E-state index contributed by atoms with van der Waals surface area (Å²) in [6.07, 6.45) is 1.96. The molecule has 0 unspecified atom stereocenters. The first kappa shape index (κ1) is 13.4. The molecule has 14 heavy (non-hydrogen) atoms. The summed E-state index contributed by atoms with van der Waals surface area (Å²) in [6.45, 7) is 8.69. The van der Waals surface area contributed by atoms with Gasteiger partial charge in [-0.15, -0.1) is 0 Å². The van der Waals surface area contributed by atoms with E-state index in [-0.39, 0.29) is 12.5 Å². The highest BCUT2D eigenvalue weighted by atomic mass is 16.4. The monoisotopic (exact) mass is 201 g/mol. The summed E-state index contributed by atoms with van der Waals surface area (Å²) in [6, 6.07) is -0.204. The van der Waals surface area contributed by atoms with Crippen LogP contribution in [0, 0.1) is 11.3 Å². The van der Waals surface area contributed by atoms with E-state index >= 15 is 0 Å². The van der Waals surface area contributed by atoms with E-state index in [1.807, 2.05) is 0 Å². The molecular weight excluding hydrogens is 178 g/mol. The number of aliphatic carboxylic acids is 1. The fourth-order valence-electron chi connectivity index (χ4n) is 1.95. The normalized spacial score (nSPS) is 16.4. The number of carboxylic acids is 1. The van der Waals surface area contributed by atoms with E-state index in [9.17, 15) is 4.79 Å². The molecule has 0 bridgehead atoms. The average Bonchev–Trinajstić information content (AvgIpc) is 1.77. The Balaban J connectivity index is 3.82. The highest BCUT2D eigenvalue weighted by Gasteiger charge is 2.18. The second-order valence-corrected chi connectivity index (χ2v) is 5.46. The molecule has 0 fully saturated rings. The maximum atomic E-state index is 10.4. The molecule has 3 nitrogen and oxygen atoms in total. The number of carboxylic acid groups (broad SMARTS) is 1. The van der Waals surface area contributed by atoms with E-state index in [1.165, 1.54) is 0 Å². The minimum Gasteiger partial charge on any atom is -0.481 e. The SMILES string of the molecule is C[C@H](C[C@H](N)CC(=O)O)CC(C)(C)C. The van der Waals surface area contributed by atoms with Crippen LogP contribution in [0.1, 0.15) is 47.0 Å². The molecule has 0 spiro atoms. The Morgan fingerprint density at radius 2 is 1.93 bits per heavy atom. The Bertz CT molecular complexity index is 184. The summed E-state index contributed by atoms with van der Waals surface area (Å²) in [5.74, 6) is -0.315. The maximum Gasteiger partial charge on any atom is 0.304 e. The molecule has 3 heteroatoms. The van der Waals surface area contributed by atoms with Crippen molar-refractivity contribution in [3.63, 3.8) is 0 Å². The molecule has 0 aliphatic heterocycles. The zero-order chi connectivity index (χ0) is 11.4. The summed E-state index contributed by atoms with van der Waals surface area (Å²) in [5, 5.41) is 8.55. The van der Waals surface area contributed by atoms with Gasteiger partial charge >= 0.3 is 5.97 Å². The van der Waals surface area contributed by atoms with Gasteiger partial charge in [-0.25, -0.2) is 0 Å². The number of hydrogen-bond donors (Lipinski definition) is 2. The van der Waals surface area contributed by atoms with Crippen LogP contribution in [-0.4, -0.2) is 17.1 Å². The zero-order valence-electron chi connectivity index (χ0n) is 9.71. The molecule has 0 saturated carbocycles. The Morgan fingerprint density at radius 3 is 2.29 bits per heavy atom. The molecule has 0 aromatic rings. The second-order valence-electron chi connectivity index (χ2n) is 5.46. The van der Waals surface area contributed by atoms with E-state index in [0.29, 0.717) is 11.3 Å². The first-order valence-electron chi connectivity index (χ1n) is 5.18. The highest BCUT2D eigenvalue weighted by molar-refractivity contribution is 5.67. The van der Waals surface area contributed by atoms with Crippen LogP contribution in [0.4, 0.5) is 0 Å². The number of nitrogens with two attached hydrogens (primary N) is 1. The smallest absolute Gasteiger partial charge is 0.304 e. The zero-order valence-corrected chi connectivity index (χ0v) is 9.71. The molecule has 2 atom stereocenters. The van der Waals surface area contributed by atoms with E-state index in [2.05, 4.69) is 27.7 Å². The van der Waals surface area contributed by atoms with Crippen molar-refractivity contribution in [3.8, 4) is 0 Å². The quantitative estimate of drug-likeness (QED) is 0.717. The van der Waals surface area contributed by atoms with Crippen LogP contribution >= 0.6 is 0 Å². The van der Waals surface area contributed by atoms with Gasteiger partial charge in [-0.2, -0.15) is 0 Å². The van der Waals surface area contributed by atoms with Crippen LogP contribution in [0.15, 0.2) is 0 Å². The molecule has 0 rings (SSSR count). The summed E-state index contributed by atoms with van der Waals surface area (Å²) in [7, 11) is 0. The Kier molecular flexibility index (Phi) is 5.13. The molecule has 0 radical (unpaired) electrons. The van der Waals surface area contributed by atoms with E-state index in [0.717, 1.165) is 12.8 Å². The second kappa shape index (κ2) is 5.35. The average molecular weight is 201 g/mol. The highest BCUT2D eigenvalue weighted by Crippen LogP contribution is 2.26. The minimum absolute atomic E-state index is 0.0779. The lowest BCUT2D eigenvalue weighted by atomic mass is 9.83. The van der Waals surface area contributed by atoms with E-state index in [4.69, 9.17) is 10.8 Å². The molecule has 0 aromatic heterocycles. The van der Waals surface area contributed by atoms with Crippen molar-refractivity contribution in [2.24, 2.45) is 17.1 Å². The van der Waals surface area contributed by atoms with Crippen LogP contribution in [-0.2, 0) is 4.79 Å². The van der Waals surface area contributed by atoms with Crippen molar-refractivity contribution >= 4 is 5.97 Å². The van der Waals surface area contributed by atoms with Gasteiger partial charge in [0.2, 0.25) is 0 Å². The van der Waals surface area contributed by atoms with Crippen molar-refractivity contribution in [2.45, 2.75) is 53.0 Å². The fourth-order valence-corrected chi connectivity index (χ4v) is 1.95. The lowest BCUT2D eigenvalue weighted by molar-refractivity contribution is -0.137. The molecule has 0 amide bonds. The van der Waals surface area contributed by atoms with Crippen LogP contribution in [0.3, 0.4) is 0 Å². The lowest BCUT2D eigenvalue weighted by Crippen LogP contribution is -2.27. The molecule has 0 saturated heterocycles. The molecule has 0 aliphatic rings. The number of hydrogen-bond acceptors (Lipinski definition) is 2. The van der Waals surface area contributed by atoms with Gasteiger partial charge in [-0.05, 0) is 24.2 Å². The van der Waals surface area contributed by atoms with Gasteiger partial charge in [0.1, 0.15) is 0 Å². The van der Waals surface area contributed by atoms with Crippen molar-refractivity contribution in [3.05, 3.63) is 0 Å². The van der Waals surface area contributed by atoms with Crippen molar-refractivity contribution in [1.82, 2.24) is 0 Å². The third kappa shape index (κ3) is 8.05. The summed E-state index contributed by atoms with van der Waals surface area (Å²) < 4.78 is 0. The predicted octanol–water partition coefficient (Wildman–Crippen LogP) is 2.25. The molecule has 3 N–H and O–H groups in total. The molecule has 0 aliphatic carbocycles. The van der Waals surface area contributed by atoms with Crippen LogP contribution in [0.25, 0.3) is 0 Å². The molecule has 84 valence electrons. The minimum atomic E-state index is -0.805. The number of carbonyl (C=O) groups is 1. The Morgan fingerprint density at radius 1 is 1.43 bits per heavy atom. The largest absolute Gasteiger partial charge is 0.481 e. The number of rotatable bonds is 5. The van der Waals surface area contributed by atoms with Gasteiger partial charge in [0.25, 0.3) is 0 Å². The fraction of sp³-hybridized carbons (Fsp3) is 0.909. The van der Waals surface area contributed by atoms with Crippen molar-refractivity contribution in [2.75, 3.05) is 0 Å². The van der Waals surface area contributed by atoms with E-state index in [1.54, 1.807) is 0 Å². The van der Waals surface area contributed by atoms with Crippen LogP contribution in [0.5, 0.6) is 0 Å². The first-order chi connectivity index (χ1) is 6.20. The van der Waals surface area contributed by atoms with Gasteiger partial charge in [0.05, 0.1) is 6.42 Å². The summed E-state index contributed by atoms with van der Waals surface area (Å²) in [5.41, 5.74) is 6.01. The summed E-state index contributed by atoms with van der Waals surface area (Å²) in [4.78, 5) is 10.4. The predicted molar refractivity (Wildman–Crippen MR) is 58.1 cm³/mol. The van der Waals surface area contributed by atoms with Gasteiger partial charge in [0, 0.05) is 6.04 Å². The molecule has 0 aromatic carbocycles. The third-order valence-corrected chi connectivity index (χ3v) is 2.10. The van der Waals surface area contributed by atoms with Gasteiger partial charge < -0.3 is 10.8 Å². The molecule has 0 heterocycles. The summed E-state index contributed by atoms with van der Waals surface area (Å²) >= 11 is 0. The van der Waals surface area contributed by atoms with Gasteiger partial charge in [-0.3, -0.25) is 4.79 Å². The molecular formula is C11H23NO2. The third-order valence-electron chi connectivity index (χ3n) is 2.10. The lowest BCUT2D eigenvalue weighted by Gasteiger charge is -2.24. The maximum absolute atomic E-state index is 10.4. The van der Waals surface area contributed by atoms with Crippen molar-refractivity contribution < 1.29 is 9.90 Å². The Labute approximate surface area is 86.7 Å². The van der Waals surface area contributed by atoms with Crippen LogP contribution < -0.4 is 5.73 Å². The standard InChI is InChI=1S/C11H23NO2/c1-8(7-11(2,3)4)5-9(12)6-10(13)14/h8-9H,5-7,12H2,1-4H3,(H,13,14)/t8-,9+/m1/s1. The van der Waals surface area contributed by atoms with Crippen molar-refractivity contribution in [1.29, 1.82) is 0 Å². The first-order valence-corrected chi connectivity index (χ1v) is 5.18. The topological polar surface area (TPSA) is 63.3 Å². The van der Waals surface area contributed by atoms with Gasteiger partial charge in [-0.1, -0.05) is 27.7 Å². The van der Waals surface area contributed by atoms with E-state index < -0.39 is 5.97 Å². The van der Waals surface area contributed by atoms with Crippen LogP contribution in [0.2, 0.25) is 0 Å².